The van der Waals surface area contributed by atoms with E-state index in [0.29, 0.717) is 16.8 Å². The number of rotatable bonds is 22. The molecule has 2 heterocycles. The van der Waals surface area contributed by atoms with Crippen molar-refractivity contribution in [3.8, 4) is 0 Å². The highest BCUT2D eigenvalue weighted by molar-refractivity contribution is 5.97. The van der Waals surface area contributed by atoms with Crippen LogP contribution in [0.15, 0.2) is 104 Å². The fourth-order valence-electron chi connectivity index (χ4n) is 6.10. The lowest BCUT2D eigenvalue weighted by Crippen LogP contribution is -2.60. The number of fused-ring (bicyclic) bond motifs is 1. The van der Waals surface area contributed by atoms with Gasteiger partial charge in [0.25, 0.3) is 0 Å². The zero-order chi connectivity index (χ0) is 43.7. The molecule has 0 radical (unpaired) electrons. The number of ether oxygens (including phenoxy) is 2. The van der Waals surface area contributed by atoms with Crippen molar-refractivity contribution < 1.29 is 48.1 Å². The molecule has 3 aromatic carbocycles. The number of nitrogens with one attached hydrogen (secondary N) is 7. The number of hydrogen-bond acceptors (Lipinski definition) is 10. The van der Waals surface area contributed by atoms with E-state index in [-0.39, 0.29) is 26.1 Å². The number of carbonyl (C=O) groups excluding carboxylic acids is 6. The Labute approximate surface area is 349 Å². The molecule has 6 amide bonds. The molecule has 0 aliphatic rings. The number of benzene rings is 3. The lowest BCUT2D eigenvalue weighted by atomic mass is 10.0. The van der Waals surface area contributed by atoms with Crippen LogP contribution in [0.25, 0.3) is 10.9 Å². The Morgan fingerprint density at radius 3 is 1.92 bits per heavy atom. The number of nitrogens with zero attached hydrogens (tertiary/aromatic N) is 1. The normalized spacial score (nSPS) is 13.4. The molecular weight excluding hydrogens is 791 g/mol. The summed E-state index contributed by atoms with van der Waals surface area (Å²) in [5.41, 5.74) is 8.66. The minimum absolute atomic E-state index is 0.00643. The summed E-state index contributed by atoms with van der Waals surface area (Å²) in [6, 6.07) is 17.9. The molecule has 0 aliphatic heterocycles. The van der Waals surface area contributed by atoms with Gasteiger partial charge in [-0.2, -0.15) is 0 Å². The number of primary amides is 1. The fourth-order valence-corrected chi connectivity index (χ4v) is 6.10. The van der Waals surface area contributed by atoms with Gasteiger partial charge >= 0.3 is 12.1 Å². The van der Waals surface area contributed by atoms with Crippen molar-refractivity contribution in [1.29, 1.82) is 0 Å². The van der Waals surface area contributed by atoms with Crippen LogP contribution in [0.2, 0.25) is 0 Å². The molecular formula is C42H47N9O10. The largest absolute Gasteiger partial charge is 0.481 e. The van der Waals surface area contributed by atoms with E-state index in [9.17, 15) is 38.7 Å². The molecule has 19 heteroatoms. The van der Waals surface area contributed by atoms with Crippen LogP contribution in [-0.4, -0.2) is 98.5 Å². The van der Waals surface area contributed by atoms with Crippen molar-refractivity contribution in [2.24, 2.45) is 5.73 Å². The van der Waals surface area contributed by atoms with Crippen LogP contribution in [0.4, 0.5) is 4.79 Å². The average molecular weight is 838 g/mol. The molecule has 61 heavy (non-hydrogen) atoms. The van der Waals surface area contributed by atoms with E-state index < -0.39 is 84.8 Å². The van der Waals surface area contributed by atoms with Gasteiger partial charge in [-0.15, -0.1) is 0 Å². The Hall–Kier alpha value is -7.54. The highest BCUT2D eigenvalue weighted by atomic mass is 16.5. The van der Waals surface area contributed by atoms with Crippen LogP contribution < -0.4 is 32.3 Å². The maximum Gasteiger partial charge on any atom is 0.408 e. The van der Waals surface area contributed by atoms with Crippen molar-refractivity contribution >= 4 is 52.5 Å². The zero-order valence-electron chi connectivity index (χ0n) is 33.1. The van der Waals surface area contributed by atoms with E-state index in [0.717, 1.165) is 16.5 Å². The second kappa shape index (κ2) is 22.0. The summed E-state index contributed by atoms with van der Waals surface area (Å²) in [6.07, 6.45) is 2.34. The highest BCUT2D eigenvalue weighted by Gasteiger charge is 2.34. The Kier molecular flexibility index (Phi) is 16.1. The smallest absolute Gasteiger partial charge is 0.408 e. The highest BCUT2D eigenvalue weighted by Crippen LogP contribution is 2.19. The SMILES string of the molecule is C[C@H](NC(=O)[C@@H](Cc1c[nH]c2ccccc12)NC(=O)[C@@H](COCc1ccccc1)NC(=O)[C@H](CC(=O)O)NC(=O)[C@@H](Cc1cnc[nH]1)NC(=O)OCc1ccccc1)C(N)=O. The summed E-state index contributed by atoms with van der Waals surface area (Å²) >= 11 is 0. The number of nitrogens with two attached hydrogens (primary N) is 1. The van der Waals surface area contributed by atoms with Crippen molar-refractivity contribution in [3.63, 3.8) is 0 Å². The molecule has 0 unspecified atom stereocenters. The number of carboxylic acids is 1. The number of H-pyrrole nitrogens is 2. The van der Waals surface area contributed by atoms with Gasteiger partial charge < -0.3 is 56.9 Å². The van der Waals surface area contributed by atoms with Crippen molar-refractivity contribution in [3.05, 3.63) is 126 Å². The standard InChI is InChI=1S/C42H47N9O10/c1-25(37(43)54)47-38(55)32(16-28-19-45-31-15-9-8-14-30(28)31)48-41(58)35(23-60-21-26-10-4-2-5-11-26)50-40(57)34(18-36(52)53)49-39(56)33(17-29-20-44-24-46-29)51-42(59)61-22-27-12-6-3-7-13-27/h2-15,19-20,24-25,32-35,45H,16-18,21-23H2,1H3,(H2,43,54)(H,44,46)(H,47,55)(H,48,58)(H,49,56)(H,50,57)(H,51,59)(H,52,53)/t25-,32+,33+,34-,35+/m0/s1. The Balaban J connectivity index is 1.35. The number of aromatic nitrogens is 3. The third-order valence-corrected chi connectivity index (χ3v) is 9.36. The van der Waals surface area contributed by atoms with Gasteiger partial charge in [-0.05, 0) is 29.7 Å². The van der Waals surface area contributed by atoms with E-state index in [4.69, 9.17) is 15.2 Å². The molecule has 0 saturated heterocycles. The lowest BCUT2D eigenvalue weighted by molar-refractivity contribution is -0.141. The van der Waals surface area contributed by atoms with E-state index >= 15 is 0 Å². The monoisotopic (exact) mass is 837 g/mol. The first-order chi connectivity index (χ1) is 29.4. The average Bonchev–Trinajstić information content (AvgIpc) is 3.92. The van der Waals surface area contributed by atoms with E-state index in [1.807, 2.05) is 18.2 Å². The number of hydrogen-bond donors (Lipinski definition) is 9. The van der Waals surface area contributed by atoms with E-state index in [2.05, 4.69) is 41.5 Å². The van der Waals surface area contributed by atoms with Crippen LogP contribution in [-0.2, 0) is 64.3 Å². The Morgan fingerprint density at radius 1 is 0.689 bits per heavy atom. The minimum Gasteiger partial charge on any atom is -0.481 e. The van der Waals surface area contributed by atoms with Crippen LogP contribution >= 0.6 is 0 Å². The maximum absolute atomic E-state index is 14.1. The van der Waals surface area contributed by atoms with Gasteiger partial charge in [0.15, 0.2) is 0 Å². The number of carbonyl (C=O) groups is 7. The number of para-hydroxylation sites is 1. The number of aliphatic carboxylic acids is 1. The molecule has 0 fully saturated rings. The predicted octanol–water partition coefficient (Wildman–Crippen LogP) is 1.11. The second-order valence-corrected chi connectivity index (χ2v) is 14.0. The Morgan fingerprint density at radius 2 is 1.26 bits per heavy atom. The van der Waals surface area contributed by atoms with Gasteiger partial charge in [-0.3, -0.25) is 28.8 Å². The zero-order valence-corrected chi connectivity index (χ0v) is 33.1. The molecule has 5 rings (SSSR count). The minimum atomic E-state index is -1.78. The van der Waals surface area contributed by atoms with Crippen molar-refractivity contribution in [2.45, 2.75) is 69.6 Å². The number of imidazole rings is 1. The lowest BCUT2D eigenvalue weighted by Gasteiger charge is -2.26. The fraction of sp³-hybridized carbons (Fsp3) is 0.286. The molecule has 19 nitrogen and oxygen atoms in total. The molecule has 0 spiro atoms. The van der Waals surface area contributed by atoms with Crippen LogP contribution in [0, 0.1) is 0 Å². The summed E-state index contributed by atoms with van der Waals surface area (Å²) in [6.45, 7) is 0.813. The number of alkyl carbamates (subject to hydrolysis) is 1. The first-order valence-electron chi connectivity index (χ1n) is 19.2. The molecule has 320 valence electrons. The third-order valence-electron chi connectivity index (χ3n) is 9.36. The van der Waals surface area contributed by atoms with Gasteiger partial charge in [0.05, 0.1) is 26.0 Å². The summed E-state index contributed by atoms with van der Waals surface area (Å²) in [4.78, 5) is 102. The maximum atomic E-state index is 14.1. The summed E-state index contributed by atoms with van der Waals surface area (Å²) in [5, 5.41) is 23.0. The van der Waals surface area contributed by atoms with Gasteiger partial charge in [0, 0.05) is 41.8 Å². The molecule has 5 atom stereocenters. The van der Waals surface area contributed by atoms with Gasteiger partial charge in [0.1, 0.15) is 36.8 Å². The summed E-state index contributed by atoms with van der Waals surface area (Å²) < 4.78 is 11.1. The first-order valence-corrected chi connectivity index (χ1v) is 19.2. The molecule has 0 aliphatic carbocycles. The topological polar surface area (TPSA) is 289 Å². The molecule has 5 aromatic rings. The summed E-state index contributed by atoms with van der Waals surface area (Å²) in [5.74, 6) is -5.99. The van der Waals surface area contributed by atoms with Crippen LogP contribution in [0.1, 0.15) is 35.7 Å². The molecule has 10 N–H and O–H groups in total. The first kappa shape index (κ1) is 44.6. The van der Waals surface area contributed by atoms with Gasteiger partial charge in [0.2, 0.25) is 29.5 Å². The summed E-state index contributed by atoms with van der Waals surface area (Å²) in [7, 11) is 0. The second-order valence-electron chi connectivity index (χ2n) is 14.0. The van der Waals surface area contributed by atoms with Crippen LogP contribution in [0.3, 0.4) is 0 Å². The van der Waals surface area contributed by atoms with E-state index in [1.165, 1.54) is 19.4 Å². The molecule has 0 saturated carbocycles. The van der Waals surface area contributed by atoms with Gasteiger partial charge in [-0.25, -0.2) is 9.78 Å². The van der Waals surface area contributed by atoms with Crippen LogP contribution in [0.5, 0.6) is 0 Å². The molecule has 2 aromatic heterocycles. The molecule has 0 bridgehead atoms. The predicted molar refractivity (Wildman–Crippen MR) is 219 cm³/mol. The number of aromatic amines is 2. The quantitative estimate of drug-likeness (QED) is 0.0476. The van der Waals surface area contributed by atoms with Crippen molar-refractivity contribution in [1.82, 2.24) is 41.5 Å². The number of amides is 6. The third kappa shape index (κ3) is 13.8. The number of carboxylic acid groups (broad SMARTS) is 1. The van der Waals surface area contributed by atoms with Gasteiger partial charge in [-0.1, -0.05) is 78.9 Å². The Bertz CT molecular complexity index is 2270. The van der Waals surface area contributed by atoms with Crippen molar-refractivity contribution in [2.75, 3.05) is 6.61 Å². The van der Waals surface area contributed by atoms with E-state index in [1.54, 1.807) is 72.9 Å².